The third-order valence-electron chi connectivity index (χ3n) is 4.23. The summed E-state index contributed by atoms with van der Waals surface area (Å²) in [6, 6.07) is 0.453. The lowest BCUT2D eigenvalue weighted by Gasteiger charge is -2.36. The molecule has 2 nitrogen and oxygen atoms in total. The Bertz CT molecular complexity index is 178. The monoisotopic (exact) mass is 226 g/mol. The first-order valence-corrected chi connectivity index (χ1v) is 7.19. The molecule has 96 valence electrons. The van der Waals surface area contributed by atoms with Crippen LogP contribution in [0.1, 0.15) is 52.9 Å². The summed E-state index contributed by atoms with van der Waals surface area (Å²) in [7, 11) is 0. The second-order valence-corrected chi connectivity index (χ2v) is 5.38. The molecule has 0 aromatic heterocycles. The Balaban J connectivity index is 2.42. The van der Waals surface area contributed by atoms with Gasteiger partial charge < -0.3 is 10.6 Å². The highest BCUT2D eigenvalue weighted by molar-refractivity contribution is 4.84. The smallest absolute Gasteiger partial charge is 0.00795 e. The van der Waals surface area contributed by atoms with Crippen molar-refractivity contribution in [3.63, 3.8) is 0 Å². The quantitative estimate of drug-likeness (QED) is 0.754. The summed E-state index contributed by atoms with van der Waals surface area (Å²) in [5.74, 6) is 1.69. The van der Waals surface area contributed by atoms with Crippen molar-refractivity contribution in [2.24, 2.45) is 17.6 Å². The van der Waals surface area contributed by atoms with E-state index in [4.69, 9.17) is 5.73 Å². The van der Waals surface area contributed by atoms with Crippen LogP contribution in [-0.2, 0) is 0 Å². The molecule has 0 amide bonds. The highest BCUT2D eigenvalue weighted by Crippen LogP contribution is 2.31. The molecule has 0 aromatic rings. The molecular formula is C14H30N2. The van der Waals surface area contributed by atoms with E-state index >= 15 is 0 Å². The Hall–Kier alpha value is -0.0800. The van der Waals surface area contributed by atoms with E-state index in [0.29, 0.717) is 6.04 Å². The first-order chi connectivity index (χ1) is 7.71. The molecule has 0 aliphatic heterocycles. The van der Waals surface area contributed by atoms with Crippen LogP contribution in [0.15, 0.2) is 0 Å². The van der Waals surface area contributed by atoms with Crippen molar-refractivity contribution in [3.05, 3.63) is 0 Å². The highest BCUT2D eigenvalue weighted by atomic mass is 15.1. The van der Waals surface area contributed by atoms with E-state index in [1.54, 1.807) is 0 Å². The molecule has 0 saturated heterocycles. The van der Waals surface area contributed by atoms with Crippen LogP contribution < -0.4 is 5.73 Å². The largest absolute Gasteiger partial charge is 0.327 e. The molecule has 1 aliphatic rings. The summed E-state index contributed by atoms with van der Waals surface area (Å²) >= 11 is 0. The fourth-order valence-electron chi connectivity index (χ4n) is 3.08. The van der Waals surface area contributed by atoms with Gasteiger partial charge >= 0.3 is 0 Å². The number of nitrogens with two attached hydrogens (primary N) is 1. The van der Waals surface area contributed by atoms with Gasteiger partial charge in [0, 0.05) is 12.6 Å². The minimum absolute atomic E-state index is 0.453. The summed E-state index contributed by atoms with van der Waals surface area (Å²) in [5.41, 5.74) is 6.27. The summed E-state index contributed by atoms with van der Waals surface area (Å²) in [5, 5.41) is 0. The van der Waals surface area contributed by atoms with Crippen molar-refractivity contribution in [2.45, 2.75) is 58.9 Å². The fourth-order valence-corrected chi connectivity index (χ4v) is 3.08. The molecule has 2 N–H and O–H groups in total. The van der Waals surface area contributed by atoms with Crippen LogP contribution in [0.4, 0.5) is 0 Å². The molecule has 1 rings (SSSR count). The summed E-state index contributed by atoms with van der Waals surface area (Å²) in [6.45, 7) is 10.3. The van der Waals surface area contributed by atoms with Gasteiger partial charge in [0.05, 0.1) is 0 Å². The van der Waals surface area contributed by atoms with Crippen molar-refractivity contribution in [1.29, 1.82) is 0 Å². The fraction of sp³-hybridized carbons (Fsp3) is 1.00. The molecule has 3 atom stereocenters. The van der Waals surface area contributed by atoms with E-state index in [2.05, 4.69) is 25.7 Å². The van der Waals surface area contributed by atoms with E-state index in [-0.39, 0.29) is 0 Å². The van der Waals surface area contributed by atoms with Crippen LogP contribution in [0.3, 0.4) is 0 Å². The van der Waals surface area contributed by atoms with Gasteiger partial charge in [-0.3, -0.25) is 0 Å². The highest BCUT2D eigenvalue weighted by Gasteiger charge is 2.28. The Labute approximate surface area is 102 Å². The van der Waals surface area contributed by atoms with Gasteiger partial charge in [-0.2, -0.15) is 0 Å². The van der Waals surface area contributed by atoms with Crippen molar-refractivity contribution in [1.82, 2.24) is 4.90 Å². The van der Waals surface area contributed by atoms with E-state index in [9.17, 15) is 0 Å². The number of rotatable bonds is 6. The van der Waals surface area contributed by atoms with Gasteiger partial charge in [-0.05, 0) is 44.2 Å². The zero-order valence-electron chi connectivity index (χ0n) is 11.4. The van der Waals surface area contributed by atoms with Crippen molar-refractivity contribution < 1.29 is 0 Å². The SMILES string of the molecule is CCCC1CCC(N)C(CN(CC)CC)C1. The van der Waals surface area contributed by atoms with Crippen LogP contribution in [-0.4, -0.2) is 30.6 Å². The van der Waals surface area contributed by atoms with Gasteiger partial charge in [-0.1, -0.05) is 33.6 Å². The van der Waals surface area contributed by atoms with E-state index < -0.39 is 0 Å². The summed E-state index contributed by atoms with van der Waals surface area (Å²) in [6.07, 6.45) is 6.71. The topological polar surface area (TPSA) is 29.3 Å². The molecular weight excluding hydrogens is 196 g/mol. The molecule has 0 radical (unpaired) electrons. The maximum atomic E-state index is 6.27. The van der Waals surface area contributed by atoms with Crippen molar-refractivity contribution in [2.75, 3.05) is 19.6 Å². The van der Waals surface area contributed by atoms with E-state index in [0.717, 1.165) is 24.9 Å². The Morgan fingerprint density at radius 1 is 1.12 bits per heavy atom. The number of nitrogens with zero attached hydrogens (tertiary/aromatic N) is 1. The first-order valence-electron chi connectivity index (χ1n) is 7.19. The minimum atomic E-state index is 0.453. The molecule has 2 heteroatoms. The average Bonchev–Trinajstić information content (AvgIpc) is 2.30. The lowest BCUT2D eigenvalue weighted by molar-refractivity contribution is 0.159. The molecule has 0 bridgehead atoms. The zero-order chi connectivity index (χ0) is 12.0. The molecule has 0 heterocycles. The Kier molecular flexibility index (Phi) is 6.37. The van der Waals surface area contributed by atoms with Gasteiger partial charge in [0.1, 0.15) is 0 Å². The Morgan fingerprint density at radius 2 is 1.81 bits per heavy atom. The maximum absolute atomic E-state index is 6.27. The lowest BCUT2D eigenvalue weighted by atomic mass is 9.76. The van der Waals surface area contributed by atoms with Gasteiger partial charge in [0.15, 0.2) is 0 Å². The van der Waals surface area contributed by atoms with Gasteiger partial charge in [0.2, 0.25) is 0 Å². The molecule has 16 heavy (non-hydrogen) atoms. The van der Waals surface area contributed by atoms with Crippen molar-refractivity contribution >= 4 is 0 Å². The van der Waals surface area contributed by atoms with E-state index in [1.807, 2.05) is 0 Å². The number of hydrogen-bond acceptors (Lipinski definition) is 2. The van der Waals surface area contributed by atoms with Gasteiger partial charge in [-0.25, -0.2) is 0 Å². The third-order valence-corrected chi connectivity index (χ3v) is 4.23. The van der Waals surface area contributed by atoms with Gasteiger partial charge in [-0.15, -0.1) is 0 Å². The van der Waals surface area contributed by atoms with Crippen molar-refractivity contribution in [3.8, 4) is 0 Å². The predicted molar refractivity (Wildman–Crippen MR) is 71.5 cm³/mol. The standard InChI is InChI=1S/C14H30N2/c1-4-7-12-8-9-14(15)13(10-12)11-16(5-2)6-3/h12-14H,4-11,15H2,1-3H3. The first kappa shape index (κ1) is 14.0. The molecule has 1 aliphatic carbocycles. The zero-order valence-corrected chi connectivity index (χ0v) is 11.4. The normalized spacial score (nSPS) is 30.9. The lowest BCUT2D eigenvalue weighted by Crippen LogP contribution is -2.43. The molecule has 1 saturated carbocycles. The molecule has 0 spiro atoms. The van der Waals surface area contributed by atoms with Gasteiger partial charge in [0.25, 0.3) is 0 Å². The molecule has 0 aromatic carbocycles. The average molecular weight is 226 g/mol. The minimum Gasteiger partial charge on any atom is -0.327 e. The molecule has 1 fully saturated rings. The van der Waals surface area contributed by atoms with Crippen LogP contribution >= 0.6 is 0 Å². The second-order valence-electron chi connectivity index (χ2n) is 5.38. The second kappa shape index (κ2) is 7.29. The summed E-state index contributed by atoms with van der Waals surface area (Å²) in [4.78, 5) is 2.53. The van der Waals surface area contributed by atoms with E-state index in [1.165, 1.54) is 38.6 Å². The molecule has 3 unspecified atom stereocenters. The number of hydrogen-bond donors (Lipinski definition) is 1. The van der Waals surface area contributed by atoms with Crippen LogP contribution in [0.5, 0.6) is 0 Å². The Morgan fingerprint density at radius 3 is 2.38 bits per heavy atom. The van der Waals surface area contributed by atoms with Crippen LogP contribution in [0.25, 0.3) is 0 Å². The van der Waals surface area contributed by atoms with Crippen LogP contribution in [0.2, 0.25) is 0 Å². The summed E-state index contributed by atoms with van der Waals surface area (Å²) < 4.78 is 0. The third kappa shape index (κ3) is 4.06. The predicted octanol–water partition coefficient (Wildman–Crippen LogP) is 2.87. The van der Waals surface area contributed by atoms with Crippen LogP contribution in [0, 0.1) is 11.8 Å². The maximum Gasteiger partial charge on any atom is 0.00795 e.